The highest BCUT2D eigenvalue weighted by molar-refractivity contribution is 14.1. The summed E-state index contributed by atoms with van der Waals surface area (Å²) in [5.74, 6) is 0. The Kier molecular flexibility index (Phi) is 3.74. The lowest BCUT2D eigenvalue weighted by Crippen LogP contribution is -1.92. The molecule has 0 aliphatic carbocycles. The maximum absolute atomic E-state index is 9.44. The van der Waals surface area contributed by atoms with Crippen molar-refractivity contribution in [3.8, 4) is 0 Å². The summed E-state index contributed by atoms with van der Waals surface area (Å²) < 4.78 is 2.07. The molecule has 0 spiro atoms. The number of halogens is 2. The van der Waals surface area contributed by atoms with Crippen LogP contribution in [0.1, 0.15) is 11.7 Å². The first-order valence-corrected chi connectivity index (χ1v) is 5.27. The third kappa shape index (κ3) is 2.57. The smallest absolute Gasteiger partial charge is 0.0969 e. The van der Waals surface area contributed by atoms with Crippen molar-refractivity contribution < 1.29 is 5.11 Å². The molecule has 1 rings (SSSR count). The molecule has 0 aromatic heterocycles. The van der Waals surface area contributed by atoms with Crippen LogP contribution in [0, 0.1) is 3.57 Å². The Bertz CT molecular complexity index is 278. The van der Waals surface area contributed by atoms with Gasteiger partial charge in [-0.15, -0.1) is 6.58 Å². The molecule has 1 atom stereocenters. The maximum Gasteiger partial charge on any atom is 0.0969 e. The minimum atomic E-state index is -0.573. The van der Waals surface area contributed by atoms with E-state index in [1.807, 2.05) is 18.2 Å². The summed E-state index contributed by atoms with van der Waals surface area (Å²) in [6, 6.07) is 5.80. The van der Waals surface area contributed by atoms with Gasteiger partial charge < -0.3 is 5.11 Å². The molecule has 0 aliphatic heterocycles. The van der Waals surface area contributed by atoms with Gasteiger partial charge in [-0.1, -0.05) is 22.0 Å². The Hall–Kier alpha value is 0.130. The Morgan fingerprint density at radius 1 is 1.50 bits per heavy atom. The molecule has 12 heavy (non-hydrogen) atoms. The van der Waals surface area contributed by atoms with Crippen LogP contribution in [0.2, 0.25) is 0 Å². The van der Waals surface area contributed by atoms with E-state index in [4.69, 9.17) is 0 Å². The third-order valence-electron chi connectivity index (χ3n) is 1.45. The number of benzene rings is 1. The van der Waals surface area contributed by atoms with E-state index in [0.29, 0.717) is 0 Å². The zero-order valence-corrected chi connectivity index (χ0v) is 10.0. The fraction of sp³-hybridized carbons (Fsp3) is 0.111. The van der Waals surface area contributed by atoms with Crippen molar-refractivity contribution >= 4 is 38.5 Å². The Morgan fingerprint density at radius 2 is 2.17 bits per heavy atom. The van der Waals surface area contributed by atoms with E-state index in [1.165, 1.54) is 6.08 Å². The molecule has 3 heteroatoms. The first-order chi connectivity index (χ1) is 5.63. The monoisotopic (exact) mass is 338 g/mol. The van der Waals surface area contributed by atoms with Crippen LogP contribution >= 0.6 is 38.5 Å². The average molecular weight is 339 g/mol. The lowest BCUT2D eigenvalue weighted by Gasteiger charge is -2.06. The van der Waals surface area contributed by atoms with Crippen LogP contribution in [0.25, 0.3) is 0 Å². The molecule has 0 heterocycles. The molecule has 1 N–H and O–H groups in total. The molecule has 0 aliphatic rings. The molecular weight excluding hydrogens is 331 g/mol. The third-order valence-corrected chi connectivity index (χ3v) is 2.53. The fourth-order valence-electron chi connectivity index (χ4n) is 0.882. The van der Waals surface area contributed by atoms with Gasteiger partial charge in [0.05, 0.1) is 6.10 Å². The van der Waals surface area contributed by atoms with Crippen molar-refractivity contribution in [2.45, 2.75) is 6.10 Å². The molecule has 0 radical (unpaired) electrons. The zero-order chi connectivity index (χ0) is 9.14. The Morgan fingerprint density at radius 3 is 2.67 bits per heavy atom. The fourth-order valence-corrected chi connectivity index (χ4v) is 2.52. The minimum absolute atomic E-state index is 0.573. The standard InChI is InChI=1S/C9H8BrIO/c1-2-9(12)6-3-7(10)5-8(11)4-6/h2-5,9,12H,1H2. The van der Waals surface area contributed by atoms with E-state index < -0.39 is 6.10 Å². The number of hydrogen-bond donors (Lipinski definition) is 1. The molecule has 0 amide bonds. The van der Waals surface area contributed by atoms with Crippen molar-refractivity contribution in [1.82, 2.24) is 0 Å². The molecular formula is C9H8BrIO. The van der Waals surface area contributed by atoms with Crippen LogP contribution in [0.5, 0.6) is 0 Å². The van der Waals surface area contributed by atoms with Gasteiger partial charge in [-0.3, -0.25) is 0 Å². The van der Waals surface area contributed by atoms with Gasteiger partial charge in [-0.25, -0.2) is 0 Å². The van der Waals surface area contributed by atoms with E-state index in [9.17, 15) is 5.11 Å². The summed E-state index contributed by atoms with van der Waals surface area (Å²) in [5.41, 5.74) is 0.865. The Labute approximate surface area is 93.8 Å². The van der Waals surface area contributed by atoms with Gasteiger partial charge in [0.2, 0.25) is 0 Å². The highest BCUT2D eigenvalue weighted by Crippen LogP contribution is 2.22. The van der Waals surface area contributed by atoms with Gasteiger partial charge in [0.15, 0.2) is 0 Å². The molecule has 1 unspecified atom stereocenters. The maximum atomic E-state index is 9.44. The summed E-state index contributed by atoms with van der Waals surface area (Å²) in [6.45, 7) is 3.53. The largest absolute Gasteiger partial charge is 0.384 e. The second-order valence-electron chi connectivity index (χ2n) is 2.38. The summed E-state index contributed by atoms with van der Waals surface area (Å²) in [6.07, 6.45) is 0.939. The topological polar surface area (TPSA) is 20.2 Å². The number of aliphatic hydroxyl groups is 1. The van der Waals surface area contributed by atoms with Crippen molar-refractivity contribution in [3.05, 3.63) is 44.5 Å². The highest BCUT2D eigenvalue weighted by Gasteiger charge is 2.03. The van der Waals surface area contributed by atoms with Crippen LogP contribution < -0.4 is 0 Å². The SMILES string of the molecule is C=CC(O)c1cc(Br)cc(I)c1. The van der Waals surface area contributed by atoms with Crippen molar-refractivity contribution in [1.29, 1.82) is 0 Å². The first kappa shape index (κ1) is 10.2. The summed E-state index contributed by atoms with van der Waals surface area (Å²) in [4.78, 5) is 0. The zero-order valence-electron chi connectivity index (χ0n) is 6.30. The Balaban J connectivity index is 3.08. The molecule has 1 aromatic carbocycles. The summed E-state index contributed by atoms with van der Waals surface area (Å²) >= 11 is 5.57. The lowest BCUT2D eigenvalue weighted by atomic mass is 10.1. The quantitative estimate of drug-likeness (QED) is 0.648. The lowest BCUT2D eigenvalue weighted by molar-refractivity contribution is 0.229. The van der Waals surface area contributed by atoms with Crippen molar-refractivity contribution in [2.24, 2.45) is 0 Å². The normalized spacial score (nSPS) is 12.6. The second kappa shape index (κ2) is 4.39. The molecule has 0 saturated heterocycles. The van der Waals surface area contributed by atoms with Crippen LogP contribution in [0.4, 0.5) is 0 Å². The summed E-state index contributed by atoms with van der Waals surface area (Å²) in [7, 11) is 0. The van der Waals surface area contributed by atoms with Gasteiger partial charge in [0.1, 0.15) is 0 Å². The average Bonchev–Trinajstić information content (AvgIpc) is 2.01. The van der Waals surface area contributed by atoms with Gasteiger partial charge in [-0.05, 0) is 46.4 Å². The first-order valence-electron chi connectivity index (χ1n) is 3.40. The van der Waals surface area contributed by atoms with Gasteiger partial charge >= 0.3 is 0 Å². The van der Waals surface area contributed by atoms with Crippen molar-refractivity contribution in [3.63, 3.8) is 0 Å². The number of aliphatic hydroxyl groups excluding tert-OH is 1. The van der Waals surface area contributed by atoms with E-state index in [1.54, 1.807) is 0 Å². The van der Waals surface area contributed by atoms with E-state index in [2.05, 4.69) is 45.1 Å². The van der Waals surface area contributed by atoms with Gasteiger partial charge in [0, 0.05) is 8.04 Å². The van der Waals surface area contributed by atoms with E-state index in [-0.39, 0.29) is 0 Å². The number of rotatable bonds is 2. The van der Waals surface area contributed by atoms with Crippen LogP contribution in [-0.2, 0) is 0 Å². The molecule has 0 bridgehead atoms. The van der Waals surface area contributed by atoms with E-state index in [0.717, 1.165) is 13.6 Å². The van der Waals surface area contributed by atoms with Gasteiger partial charge in [0.25, 0.3) is 0 Å². The number of hydrogen-bond acceptors (Lipinski definition) is 1. The molecule has 64 valence electrons. The van der Waals surface area contributed by atoms with Crippen LogP contribution in [0.15, 0.2) is 35.3 Å². The van der Waals surface area contributed by atoms with Crippen molar-refractivity contribution in [2.75, 3.05) is 0 Å². The molecule has 0 fully saturated rings. The molecule has 0 saturated carbocycles. The second-order valence-corrected chi connectivity index (χ2v) is 4.54. The predicted octanol–water partition coefficient (Wildman–Crippen LogP) is 3.27. The van der Waals surface area contributed by atoms with Gasteiger partial charge in [-0.2, -0.15) is 0 Å². The van der Waals surface area contributed by atoms with Crippen LogP contribution in [-0.4, -0.2) is 5.11 Å². The minimum Gasteiger partial charge on any atom is -0.384 e. The predicted molar refractivity (Wildman–Crippen MR) is 62.0 cm³/mol. The summed E-state index contributed by atoms with van der Waals surface area (Å²) in [5, 5.41) is 9.44. The van der Waals surface area contributed by atoms with Crippen LogP contribution in [0.3, 0.4) is 0 Å². The van der Waals surface area contributed by atoms with E-state index >= 15 is 0 Å². The molecule has 1 nitrogen and oxygen atoms in total. The highest BCUT2D eigenvalue weighted by atomic mass is 127. The molecule has 1 aromatic rings.